The molecule has 0 N–H and O–H groups in total. The summed E-state index contributed by atoms with van der Waals surface area (Å²) in [5.41, 5.74) is 0.546. The van der Waals surface area contributed by atoms with E-state index in [1.807, 2.05) is 30.3 Å². The van der Waals surface area contributed by atoms with Gasteiger partial charge in [-0.2, -0.15) is 0 Å². The SMILES string of the molecule is COC(=O)C12CCCC1CN(C(C(=O)N(C)C)c1ccccc1)C2. The van der Waals surface area contributed by atoms with Crippen molar-refractivity contribution in [1.29, 1.82) is 0 Å². The Hall–Kier alpha value is -1.88. The van der Waals surface area contributed by atoms with Crippen LogP contribution >= 0.6 is 0 Å². The highest BCUT2D eigenvalue weighted by Crippen LogP contribution is 2.51. The van der Waals surface area contributed by atoms with Crippen LogP contribution in [-0.4, -0.2) is 56.0 Å². The summed E-state index contributed by atoms with van der Waals surface area (Å²) in [4.78, 5) is 29.2. The summed E-state index contributed by atoms with van der Waals surface area (Å²) in [5, 5.41) is 0. The molecule has 0 aromatic heterocycles. The lowest BCUT2D eigenvalue weighted by Crippen LogP contribution is -2.42. The van der Waals surface area contributed by atoms with Crippen LogP contribution in [0.3, 0.4) is 0 Å². The first-order chi connectivity index (χ1) is 11.5. The van der Waals surface area contributed by atoms with Gasteiger partial charge in [0.2, 0.25) is 5.91 Å². The van der Waals surface area contributed by atoms with Crippen LogP contribution in [-0.2, 0) is 14.3 Å². The second-order valence-corrected chi connectivity index (χ2v) is 7.21. The highest BCUT2D eigenvalue weighted by Gasteiger charge is 2.57. The fraction of sp³-hybridized carbons (Fsp3) is 0.579. The Labute approximate surface area is 143 Å². The van der Waals surface area contributed by atoms with Crippen LogP contribution in [0.5, 0.6) is 0 Å². The monoisotopic (exact) mass is 330 g/mol. The number of methoxy groups -OCH3 is 1. The number of esters is 1. The molecule has 1 aliphatic carbocycles. The van der Waals surface area contributed by atoms with Gasteiger partial charge in [0.1, 0.15) is 6.04 Å². The van der Waals surface area contributed by atoms with Gasteiger partial charge in [0.15, 0.2) is 0 Å². The minimum Gasteiger partial charge on any atom is -0.469 e. The molecule has 5 heteroatoms. The number of nitrogens with zero attached hydrogens (tertiary/aromatic N) is 2. The molecule has 2 fully saturated rings. The molecule has 2 aliphatic rings. The van der Waals surface area contributed by atoms with E-state index in [2.05, 4.69) is 4.90 Å². The lowest BCUT2D eigenvalue weighted by atomic mass is 9.81. The highest BCUT2D eigenvalue weighted by atomic mass is 16.5. The van der Waals surface area contributed by atoms with Gasteiger partial charge in [-0.05, 0) is 24.3 Å². The first kappa shape index (κ1) is 17.0. The molecule has 1 aliphatic heterocycles. The van der Waals surface area contributed by atoms with Crippen LogP contribution < -0.4 is 0 Å². The Morgan fingerprint density at radius 1 is 1.29 bits per heavy atom. The number of carbonyl (C=O) groups is 2. The summed E-state index contributed by atoms with van der Waals surface area (Å²) in [7, 11) is 5.03. The molecule has 1 heterocycles. The smallest absolute Gasteiger partial charge is 0.313 e. The maximum atomic E-state index is 12.9. The van der Waals surface area contributed by atoms with E-state index < -0.39 is 5.41 Å². The summed E-state index contributed by atoms with van der Waals surface area (Å²) in [5.74, 6) is 0.226. The third kappa shape index (κ3) is 2.71. The highest BCUT2D eigenvalue weighted by molar-refractivity contribution is 5.83. The van der Waals surface area contributed by atoms with Crippen molar-refractivity contribution in [2.75, 3.05) is 34.3 Å². The van der Waals surface area contributed by atoms with E-state index in [9.17, 15) is 9.59 Å². The maximum absolute atomic E-state index is 12.9. The quantitative estimate of drug-likeness (QED) is 0.793. The predicted molar refractivity (Wildman–Crippen MR) is 91.2 cm³/mol. The molecular weight excluding hydrogens is 304 g/mol. The average molecular weight is 330 g/mol. The Morgan fingerprint density at radius 3 is 2.62 bits per heavy atom. The van der Waals surface area contributed by atoms with E-state index in [1.165, 1.54) is 7.11 Å². The second-order valence-electron chi connectivity index (χ2n) is 7.21. The lowest BCUT2D eigenvalue weighted by Gasteiger charge is -2.31. The summed E-state index contributed by atoms with van der Waals surface area (Å²) >= 11 is 0. The fourth-order valence-electron chi connectivity index (χ4n) is 4.45. The van der Waals surface area contributed by atoms with Gasteiger partial charge < -0.3 is 9.64 Å². The topological polar surface area (TPSA) is 49.9 Å². The molecule has 1 amide bonds. The lowest BCUT2D eigenvalue weighted by molar-refractivity contribution is -0.153. The van der Waals surface area contributed by atoms with Crippen molar-refractivity contribution < 1.29 is 14.3 Å². The van der Waals surface area contributed by atoms with Crippen LogP contribution in [0.1, 0.15) is 30.9 Å². The number of fused-ring (bicyclic) bond motifs is 1. The average Bonchev–Trinajstić information content (AvgIpc) is 3.13. The Bertz CT molecular complexity index is 616. The van der Waals surface area contributed by atoms with Crippen molar-refractivity contribution in [2.24, 2.45) is 11.3 Å². The van der Waals surface area contributed by atoms with Crippen molar-refractivity contribution >= 4 is 11.9 Å². The number of rotatable bonds is 4. The molecule has 5 nitrogen and oxygen atoms in total. The number of likely N-dealkylation sites (N-methyl/N-ethyl adjacent to an activating group) is 1. The predicted octanol–water partition coefficient (Wildman–Crippen LogP) is 2.09. The van der Waals surface area contributed by atoms with Crippen molar-refractivity contribution in [1.82, 2.24) is 9.80 Å². The molecule has 3 unspecified atom stereocenters. The summed E-state index contributed by atoms with van der Waals surface area (Å²) in [6.07, 6.45) is 2.95. The second kappa shape index (κ2) is 6.55. The largest absolute Gasteiger partial charge is 0.469 e. The van der Waals surface area contributed by atoms with E-state index in [0.717, 1.165) is 31.4 Å². The first-order valence-electron chi connectivity index (χ1n) is 8.58. The minimum atomic E-state index is -0.436. The number of benzene rings is 1. The summed E-state index contributed by atoms with van der Waals surface area (Å²) < 4.78 is 5.12. The number of likely N-dealkylation sites (tertiary alicyclic amines) is 1. The molecular formula is C19H26N2O3. The molecule has 0 radical (unpaired) electrons. The molecule has 0 bridgehead atoms. The van der Waals surface area contributed by atoms with Crippen LogP contribution in [0, 0.1) is 11.3 Å². The Morgan fingerprint density at radius 2 is 2.00 bits per heavy atom. The van der Waals surface area contributed by atoms with E-state index in [1.54, 1.807) is 19.0 Å². The molecule has 1 saturated carbocycles. The van der Waals surface area contributed by atoms with E-state index in [-0.39, 0.29) is 23.8 Å². The van der Waals surface area contributed by atoms with Crippen molar-refractivity contribution in [2.45, 2.75) is 25.3 Å². The standard InChI is InChI=1S/C19H26N2O3/c1-20(2)17(22)16(14-8-5-4-6-9-14)21-12-15-10-7-11-19(15,13-21)18(23)24-3/h4-6,8-9,15-16H,7,10-13H2,1-3H3. The molecule has 3 rings (SSSR count). The van der Waals surface area contributed by atoms with Gasteiger partial charge in [0, 0.05) is 27.2 Å². The molecule has 24 heavy (non-hydrogen) atoms. The van der Waals surface area contributed by atoms with Crippen molar-refractivity contribution in [3.05, 3.63) is 35.9 Å². The van der Waals surface area contributed by atoms with E-state index >= 15 is 0 Å². The Kier molecular flexibility index (Phi) is 4.63. The third-order valence-corrected chi connectivity index (χ3v) is 5.64. The van der Waals surface area contributed by atoms with E-state index in [0.29, 0.717) is 6.54 Å². The maximum Gasteiger partial charge on any atom is 0.313 e. The van der Waals surface area contributed by atoms with Gasteiger partial charge in [0.05, 0.1) is 12.5 Å². The zero-order valence-electron chi connectivity index (χ0n) is 14.7. The molecule has 3 atom stereocenters. The Balaban J connectivity index is 1.93. The fourth-order valence-corrected chi connectivity index (χ4v) is 4.45. The van der Waals surface area contributed by atoms with Crippen LogP contribution in [0.15, 0.2) is 30.3 Å². The molecule has 0 spiro atoms. The molecule has 130 valence electrons. The number of carbonyl (C=O) groups excluding carboxylic acids is 2. The van der Waals surface area contributed by atoms with Gasteiger partial charge in [-0.1, -0.05) is 36.8 Å². The van der Waals surface area contributed by atoms with Gasteiger partial charge in [0.25, 0.3) is 0 Å². The zero-order valence-corrected chi connectivity index (χ0v) is 14.7. The normalized spacial score (nSPS) is 27.5. The molecule has 1 saturated heterocycles. The minimum absolute atomic E-state index is 0.0567. The van der Waals surface area contributed by atoms with Gasteiger partial charge in [-0.15, -0.1) is 0 Å². The van der Waals surface area contributed by atoms with Crippen molar-refractivity contribution in [3.8, 4) is 0 Å². The molecule has 1 aromatic carbocycles. The number of amides is 1. The summed E-state index contributed by atoms with van der Waals surface area (Å²) in [6.45, 7) is 1.37. The van der Waals surface area contributed by atoms with Crippen molar-refractivity contribution in [3.63, 3.8) is 0 Å². The summed E-state index contributed by atoms with van der Waals surface area (Å²) in [6, 6.07) is 9.51. The molecule has 1 aromatic rings. The first-order valence-corrected chi connectivity index (χ1v) is 8.58. The van der Waals surface area contributed by atoms with Crippen LogP contribution in [0.25, 0.3) is 0 Å². The van der Waals surface area contributed by atoms with E-state index in [4.69, 9.17) is 4.74 Å². The number of hydrogen-bond acceptors (Lipinski definition) is 4. The van der Waals surface area contributed by atoms with Crippen LogP contribution in [0.2, 0.25) is 0 Å². The number of ether oxygens (including phenoxy) is 1. The van der Waals surface area contributed by atoms with Gasteiger partial charge >= 0.3 is 5.97 Å². The zero-order chi connectivity index (χ0) is 17.3. The number of hydrogen-bond donors (Lipinski definition) is 0. The van der Waals surface area contributed by atoms with Gasteiger partial charge in [-0.25, -0.2) is 0 Å². The van der Waals surface area contributed by atoms with Crippen LogP contribution in [0.4, 0.5) is 0 Å². The van der Waals surface area contributed by atoms with Gasteiger partial charge in [-0.3, -0.25) is 14.5 Å². The third-order valence-electron chi connectivity index (χ3n) is 5.64.